The van der Waals surface area contributed by atoms with Gasteiger partial charge in [0.25, 0.3) is 0 Å². The third-order valence-corrected chi connectivity index (χ3v) is 3.63. The van der Waals surface area contributed by atoms with Crippen molar-refractivity contribution in [1.29, 1.82) is 0 Å². The Hall–Kier alpha value is -2.54. The standard InChI is InChI=1S/C19H29N5O2/c1-4-20-19(22-11-7-12-25-15-17-9-6-13-26-17)23-14-16-8-5-10-21-18(16)24(2)3/h5-6,8-10,13H,4,7,11-12,14-15H2,1-3H3,(H2,20,22,23). The first-order chi connectivity index (χ1) is 12.7. The van der Waals surface area contributed by atoms with Crippen molar-refractivity contribution < 1.29 is 9.15 Å². The zero-order valence-electron chi connectivity index (χ0n) is 15.9. The van der Waals surface area contributed by atoms with E-state index in [-0.39, 0.29) is 0 Å². The van der Waals surface area contributed by atoms with Crippen molar-refractivity contribution >= 4 is 11.8 Å². The number of rotatable bonds is 10. The minimum Gasteiger partial charge on any atom is -0.467 e. The van der Waals surface area contributed by atoms with E-state index in [2.05, 4.69) is 33.6 Å². The summed E-state index contributed by atoms with van der Waals surface area (Å²) in [7, 11) is 3.98. The smallest absolute Gasteiger partial charge is 0.191 e. The molecule has 0 saturated carbocycles. The number of anilines is 1. The van der Waals surface area contributed by atoms with Crippen molar-refractivity contribution in [2.45, 2.75) is 26.5 Å². The van der Waals surface area contributed by atoms with E-state index in [1.54, 1.807) is 12.5 Å². The third kappa shape index (κ3) is 6.76. The quantitative estimate of drug-likeness (QED) is 0.385. The molecule has 0 aliphatic heterocycles. The van der Waals surface area contributed by atoms with E-state index in [4.69, 9.17) is 9.15 Å². The molecule has 0 aromatic carbocycles. The van der Waals surface area contributed by atoms with Crippen molar-refractivity contribution in [3.63, 3.8) is 0 Å². The van der Waals surface area contributed by atoms with Gasteiger partial charge in [0.2, 0.25) is 0 Å². The Balaban J connectivity index is 1.76. The number of pyridine rings is 1. The lowest BCUT2D eigenvalue weighted by atomic mass is 10.2. The van der Waals surface area contributed by atoms with E-state index in [0.717, 1.165) is 42.6 Å². The fourth-order valence-electron chi connectivity index (χ4n) is 2.41. The lowest BCUT2D eigenvalue weighted by molar-refractivity contribution is 0.105. The topological polar surface area (TPSA) is 74.9 Å². The van der Waals surface area contributed by atoms with Gasteiger partial charge < -0.3 is 24.7 Å². The number of hydrogen-bond donors (Lipinski definition) is 2. The Labute approximate surface area is 155 Å². The Bertz CT molecular complexity index is 656. The highest BCUT2D eigenvalue weighted by molar-refractivity contribution is 5.79. The van der Waals surface area contributed by atoms with E-state index in [0.29, 0.717) is 19.8 Å². The van der Waals surface area contributed by atoms with Gasteiger partial charge in [-0.3, -0.25) is 0 Å². The van der Waals surface area contributed by atoms with E-state index < -0.39 is 0 Å². The number of guanidine groups is 1. The number of ether oxygens (including phenoxy) is 1. The first kappa shape index (κ1) is 19.8. The predicted molar refractivity (Wildman–Crippen MR) is 104 cm³/mol. The number of aromatic nitrogens is 1. The predicted octanol–water partition coefficient (Wildman–Crippen LogP) is 2.40. The summed E-state index contributed by atoms with van der Waals surface area (Å²) in [5, 5.41) is 6.60. The van der Waals surface area contributed by atoms with Crippen molar-refractivity contribution in [2.24, 2.45) is 4.99 Å². The first-order valence-corrected chi connectivity index (χ1v) is 8.94. The van der Waals surface area contributed by atoms with Crippen molar-refractivity contribution in [2.75, 3.05) is 38.7 Å². The van der Waals surface area contributed by atoms with Crippen LogP contribution in [-0.2, 0) is 17.9 Å². The fraction of sp³-hybridized carbons (Fsp3) is 0.474. The minimum absolute atomic E-state index is 0.509. The molecular formula is C19H29N5O2. The van der Waals surface area contributed by atoms with Crippen LogP contribution in [0, 0.1) is 0 Å². The van der Waals surface area contributed by atoms with Crippen molar-refractivity contribution in [3.05, 3.63) is 48.0 Å². The molecule has 0 bridgehead atoms. The maximum Gasteiger partial charge on any atom is 0.191 e. The number of nitrogens with one attached hydrogen (secondary N) is 2. The van der Waals surface area contributed by atoms with Crippen LogP contribution in [0.2, 0.25) is 0 Å². The molecule has 0 unspecified atom stereocenters. The Morgan fingerprint density at radius 1 is 1.27 bits per heavy atom. The van der Waals surface area contributed by atoms with Gasteiger partial charge in [-0.25, -0.2) is 9.98 Å². The number of furan rings is 1. The van der Waals surface area contributed by atoms with Gasteiger partial charge in [0.1, 0.15) is 18.2 Å². The van der Waals surface area contributed by atoms with Crippen LogP contribution in [0.5, 0.6) is 0 Å². The van der Waals surface area contributed by atoms with Gasteiger partial charge in [-0.2, -0.15) is 0 Å². The van der Waals surface area contributed by atoms with Gasteiger partial charge in [0.15, 0.2) is 5.96 Å². The van der Waals surface area contributed by atoms with Gasteiger partial charge >= 0.3 is 0 Å². The van der Waals surface area contributed by atoms with Crippen LogP contribution in [0.25, 0.3) is 0 Å². The van der Waals surface area contributed by atoms with Gasteiger partial charge in [0.05, 0.1) is 12.8 Å². The summed E-state index contributed by atoms with van der Waals surface area (Å²) in [5.41, 5.74) is 1.09. The van der Waals surface area contributed by atoms with Crippen LogP contribution >= 0.6 is 0 Å². The van der Waals surface area contributed by atoms with E-state index in [1.165, 1.54) is 0 Å². The second-order valence-electron chi connectivity index (χ2n) is 5.99. The SMILES string of the molecule is CCNC(=NCc1cccnc1N(C)C)NCCCOCc1ccco1. The summed E-state index contributed by atoms with van der Waals surface area (Å²) in [6, 6.07) is 7.77. The molecule has 142 valence electrons. The molecule has 0 aliphatic carbocycles. The molecule has 2 rings (SSSR count). The first-order valence-electron chi connectivity index (χ1n) is 8.94. The zero-order chi connectivity index (χ0) is 18.6. The molecule has 2 aromatic heterocycles. The maximum absolute atomic E-state index is 5.58. The minimum atomic E-state index is 0.509. The molecule has 0 atom stereocenters. The molecule has 7 nitrogen and oxygen atoms in total. The number of nitrogens with zero attached hydrogens (tertiary/aromatic N) is 3. The maximum atomic E-state index is 5.58. The molecule has 2 N–H and O–H groups in total. The van der Waals surface area contributed by atoms with Crippen LogP contribution in [0.1, 0.15) is 24.7 Å². The zero-order valence-corrected chi connectivity index (χ0v) is 15.9. The van der Waals surface area contributed by atoms with E-state index >= 15 is 0 Å². The molecule has 0 aliphatic rings. The normalized spacial score (nSPS) is 11.4. The molecule has 26 heavy (non-hydrogen) atoms. The number of hydrogen-bond acceptors (Lipinski definition) is 5. The summed E-state index contributed by atoms with van der Waals surface area (Å²) >= 11 is 0. The van der Waals surface area contributed by atoms with Gasteiger partial charge in [-0.15, -0.1) is 0 Å². The molecule has 0 fully saturated rings. The molecule has 0 radical (unpaired) electrons. The van der Waals surface area contributed by atoms with Crippen molar-refractivity contribution in [1.82, 2.24) is 15.6 Å². The van der Waals surface area contributed by atoms with E-state index in [1.807, 2.05) is 37.2 Å². The second-order valence-corrected chi connectivity index (χ2v) is 5.99. The average Bonchev–Trinajstić information content (AvgIpc) is 3.16. The Morgan fingerprint density at radius 2 is 2.15 bits per heavy atom. The molecule has 0 saturated heterocycles. The van der Waals surface area contributed by atoms with Gasteiger partial charge in [-0.05, 0) is 31.5 Å². The molecule has 2 heterocycles. The van der Waals surface area contributed by atoms with Crippen LogP contribution < -0.4 is 15.5 Å². The highest BCUT2D eigenvalue weighted by atomic mass is 16.5. The molecule has 7 heteroatoms. The molecule has 0 amide bonds. The molecular weight excluding hydrogens is 330 g/mol. The van der Waals surface area contributed by atoms with Crippen LogP contribution in [0.3, 0.4) is 0 Å². The highest BCUT2D eigenvalue weighted by Crippen LogP contribution is 2.15. The fourth-order valence-corrected chi connectivity index (χ4v) is 2.41. The van der Waals surface area contributed by atoms with E-state index in [9.17, 15) is 0 Å². The lowest BCUT2D eigenvalue weighted by Crippen LogP contribution is -2.38. The van der Waals surface area contributed by atoms with Crippen molar-refractivity contribution in [3.8, 4) is 0 Å². The van der Waals surface area contributed by atoms with Crippen LogP contribution in [0.4, 0.5) is 5.82 Å². The summed E-state index contributed by atoms with van der Waals surface area (Å²) < 4.78 is 10.8. The van der Waals surface area contributed by atoms with Crippen LogP contribution in [-0.4, -0.2) is 44.7 Å². The molecule has 2 aromatic rings. The summed E-state index contributed by atoms with van der Waals surface area (Å²) in [5.74, 6) is 2.59. The lowest BCUT2D eigenvalue weighted by Gasteiger charge is -2.15. The number of aliphatic imine (C=N–C) groups is 1. The van der Waals surface area contributed by atoms with Gasteiger partial charge in [-0.1, -0.05) is 6.07 Å². The highest BCUT2D eigenvalue weighted by Gasteiger charge is 2.05. The summed E-state index contributed by atoms with van der Waals surface area (Å²) in [4.78, 5) is 11.1. The largest absolute Gasteiger partial charge is 0.467 e. The van der Waals surface area contributed by atoms with Crippen LogP contribution in [0.15, 0.2) is 46.1 Å². The summed E-state index contributed by atoms with van der Waals surface area (Å²) in [6.45, 7) is 5.41. The Morgan fingerprint density at radius 3 is 2.88 bits per heavy atom. The third-order valence-electron chi connectivity index (χ3n) is 3.63. The van der Waals surface area contributed by atoms with Gasteiger partial charge in [0, 0.05) is 45.6 Å². The molecule has 0 spiro atoms. The second kappa shape index (κ2) is 11.1. The summed E-state index contributed by atoms with van der Waals surface area (Å²) in [6.07, 6.45) is 4.35. The average molecular weight is 359 g/mol. The Kier molecular flexibility index (Phi) is 8.48. The monoisotopic (exact) mass is 359 g/mol.